The fourth-order valence-corrected chi connectivity index (χ4v) is 2.53. The molecule has 2 nitrogen and oxygen atoms in total. The second kappa shape index (κ2) is 4.48. The van der Waals surface area contributed by atoms with Gasteiger partial charge >= 0.3 is 0 Å². The van der Waals surface area contributed by atoms with Crippen LogP contribution in [0.1, 0.15) is 5.56 Å². The number of para-hydroxylation sites is 1. The van der Waals surface area contributed by atoms with Crippen molar-refractivity contribution in [1.29, 1.82) is 0 Å². The molecular formula is C17H18N2+2. The molecule has 0 amide bonds. The molecule has 1 aliphatic heterocycles. The topological polar surface area (TPSA) is 3.01 Å². The van der Waals surface area contributed by atoms with E-state index in [2.05, 4.69) is 85.7 Å². The van der Waals surface area contributed by atoms with Gasteiger partial charge in [-0.15, -0.1) is 0 Å². The number of benzene rings is 2. The second-order valence-corrected chi connectivity index (χ2v) is 4.95. The fraction of sp³-hybridized carbons (Fsp3) is 0.118. The maximum absolute atomic E-state index is 2.28. The molecule has 19 heavy (non-hydrogen) atoms. The summed E-state index contributed by atoms with van der Waals surface area (Å²) in [4.78, 5) is 0. The van der Waals surface area contributed by atoms with Crippen LogP contribution >= 0.6 is 0 Å². The van der Waals surface area contributed by atoms with Gasteiger partial charge in [-0.1, -0.05) is 36.4 Å². The molecule has 2 aromatic rings. The molecule has 2 heteroatoms. The summed E-state index contributed by atoms with van der Waals surface area (Å²) in [6.45, 7) is 0. The van der Waals surface area contributed by atoms with Crippen LogP contribution in [0.2, 0.25) is 0 Å². The Morgan fingerprint density at radius 1 is 0.842 bits per heavy atom. The molecule has 0 saturated heterocycles. The zero-order valence-electron chi connectivity index (χ0n) is 11.3. The lowest BCUT2D eigenvalue weighted by Gasteiger charge is -2.20. The SMILES string of the molecule is C[N+]1=C(c2ccccc2)C=C[N+]1(C)c1ccccc1. The van der Waals surface area contributed by atoms with Crippen LogP contribution in [0.25, 0.3) is 0 Å². The van der Waals surface area contributed by atoms with E-state index in [1.165, 1.54) is 17.0 Å². The molecule has 0 spiro atoms. The van der Waals surface area contributed by atoms with E-state index in [0.717, 1.165) is 0 Å². The predicted molar refractivity (Wildman–Crippen MR) is 80.0 cm³/mol. The Labute approximate surface area is 114 Å². The van der Waals surface area contributed by atoms with Gasteiger partial charge in [0.15, 0.2) is 18.9 Å². The van der Waals surface area contributed by atoms with Gasteiger partial charge in [0.2, 0.25) is 0 Å². The summed E-state index contributed by atoms with van der Waals surface area (Å²) in [6, 6.07) is 21.1. The highest BCUT2D eigenvalue weighted by Gasteiger charge is 2.39. The van der Waals surface area contributed by atoms with Crippen molar-refractivity contribution in [2.75, 3.05) is 14.1 Å². The summed E-state index contributed by atoms with van der Waals surface area (Å²) >= 11 is 0. The van der Waals surface area contributed by atoms with Gasteiger partial charge in [-0.25, -0.2) is 0 Å². The van der Waals surface area contributed by atoms with Crippen LogP contribution in [0.15, 0.2) is 72.9 Å². The lowest BCUT2D eigenvalue weighted by molar-refractivity contribution is -0.629. The highest BCUT2D eigenvalue weighted by Crippen LogP contribution is 2.25. The fourth-order valence-electron chi connectivity index (χ4n) is 2.53. The first kappa shape index (κ1) is 11.9. The van der Waals surface area contributed by atoms with Crippen LogP contribution in [0.3, 0.4) is 0 Å². The van der Waals surface area contributed by atoms with Crippen molar-refractivity contribution in [3.05, 3.63) is 78.5 Å². The van der Waals surface area contributed by atoms with Crippen molar-refractivity contribution in [1.82, 2.24) is 4.59 Å². The Hall–Kier alpha value is -2.19. The zero-order valence-corrected chi connectivity index (χ0v) is 11.3. The number of rotatable bonds is 2. The average molecular weight is 250 g/mol. The summed E-state index contributed by atoms with van der Waals surface area (Å²) in [6.07, 6.45) is 4.42. The van der Waals surface area contributed by atoms with Crippen molar-refractivity contribution in [2.24, 2.45) is 0 Å². The van der Waals surface area contributed by atoms with Crippen molar-refractivity contribution in [2.45, 2.75) is 0 Å². The number of hydrogen-bond acceptors (Lipinski definition) is 0. The quantitative estimate of drug-likeness (QED) is 0.569. The predicted octanol–water partition coefficient (Wildman–Crippen LogP) is 3.20. The first-order valence-corrected chi connectivity index (χ1v) is 6.49. The average Bonchev–Trinajstić information content (AvgIpc) is 2.78. The maximum atomic E-state index is 2.28. The van der Waals surface area contributed by atoms with Crippen LogP contribution in [-0.2, 0) is 0 Å². The van der Waals surface area contributed by atoms with E-state index in [1.807, 2.05) is 6.07 Å². The smallest absolute Gasteiger partial charge is 0.0622 e. The van der Waals surface area contributed by atoms with Gasteiger partial charge in [0.05, 0.1) is 11.6 Å². The molecular weight excluding hydrogens is 232 g/mol. The zero-order chi connectivity index (χ0) is 13.3. The lowest BCUT2D eigenvalue weighted by Crippen LogP contribution is -2.46. The number of hydrogen-bond donors (Lipinski definition) is 0. The molecule has 0 radical (unpaired) electrons. The van der Waals surface area contributed by atoms with Gasteiger partial charge in [0.1, 0.15) is 7.05 Å². The highest BCUT2D eigenvalue weighted by atomic mass is 15.7. The molecule has 2 aromatic carbocycles. The Kier molecular flexibility index (Phi) is 2.80. The third-order valence-electron chi connectivity index (χ3n) is 3.84. The molecule has 0 N–H and O–H groups in total. The summed E-state index contributed by atoms with van der Waals surface area (Å²) in [5.74, 6) is 0. The summed E-state index contributed by atoms with van der Waals surface area (Å²) < 4.78 is 2.95. The Balaban J connectivity index is 2.09. The third-order valence-corrected chi connectivity index (χ3v) is 3.84. The standard InChI is InChI=1S/C17H18N2/c1-18-17(15-9-5-3-6-10-15)13-14-19(18,2)16-11-7-4-8-12-16/h3-14H,1-2H3/q+2. The molecule has 0 bridgehead atoms. The van der Waals surface area contributed by atoms with E-state index in [-0.39, 0.29) is 0 Å². The molecule has 94 valence electrons. The van der Waals surface area contributed by atoms with Gasteiger partial charge in [-0.05, 0) is 21.4 Å². The molecule has 1 aliphatic rings. The summed E-state index contributed by atoms with van der Waals surface area (Å²) in [5, 5.41) is 0. The normalized spacial score (nSPS) is 22.0. The van der Waals surface area contributed by atoms with Crippen LogP contribution in [0, 0.1) is 0 Å². The summed E-state index contributed by atoms with van der Waals surface area (Å²) in [5.41, 5.74) is 3.75. The van der Waals surface area contributed by atoms with E-state index in [9.17, 15) is 0 Å². The number of allylic oxidation sites excluding steroid dienone is 1. The monoisotopic (exact) mass is 250 g/mol. The lowest BCUT2D eigenvalue weighted by atomic mass is 10.1. The van der Waals surface area contributed by atoms with E-state index in [0.29, 0.717) is 4.59 Å². The maximum Gasteiger partial charge on any atom is 0.271 e. The molecule has 0 fully saturated rings. The van der Waals surface area contributed by atoms with Gasteiger partial charge in [0, 0.05) is 12.1 Å². The second-order valence-electron chi connectivity index (χ2n) is 4.95. The van der Waals surface area contributed by atoms with E-state index in [4.69, 9.17) is 0 Å². The molecule has 1 heterocycles. The number of nitrogens with zero attached hydrogens (tertiary/aromatic N) is 2. The third kappa shape index (κ3) is 1.90. The first-order valence-electron chi connectivity index (χ1n) is 6.49. The van der Waals surface area contributed by atoms with Gasteiger partial charge in [0.25, 0.3) is 5.71 Å². The van der Waals surface area contributed by atoms with Crippen molar-refractivity contribution in [3.8, 4) is 0 Å². The van der Waals surface area contributed by atoms with E-state index >= 15 is 0 Å². The minimum Gasteiger partial charge on any atom is -0.0622 e. The Morgan fingerprint density at radius 3 is 2.05 bits per heavy atom. The molecule has 0 saturated carbocycles. The van der Waals surface area contributed by atoms with Crippen molar-refractivity contribution < 1.29 is 4.68 Å². The molecule has 0 aromatic heterocycles. The molecule has 1 unspecified atom stereocenters. The van der Waals surface area contributed by atoms with Crippen LogP contribution in [0.4, 0.5) is 5.69 Å². The Bertz CT molecular complexity index is 641. The van der Waals surface area contributed by atoms with Gasteiger partial charge in [-0.3, -0.25) is 0 Å². The summed E-state index contributed by atoms with van der Waals surface area (Å²) in [7, 11) is 4.33. The molecule has 3 rings (SSSR count). The van der Waals surface area contributed by atoms with E-state index < -0.39 is 0 Å². The number of quaternary nitrogens is 1. The highest BCUT2D eigenvalue weighted by molar-refractivity contribution is 6.06. The van der Waals surface area contributed by atoms with E-state index in [1.54, 1.807) is 0 Å². The first-order chi connectivity index (χ1) is 9.22. The van der Waals surface area contributed by atoms with Crippen LogP contribution in [0.5, 0.6) is 0 Å². The molecule has 0 aliphatic carbocycles. The minimum absolute atomic E-state index is 0.672. The van der Waals surface area contributed by atoms with Gasteiger partial charge in [-0.2, -0.15) is 0 Å². The van der Waals surface area contributed by atoms with Crippen LogP contribution in [-0.4, -0.2) is 24.5 Å². The Morgan fingerprint density at radius 2 is 1.42 bits per heavy atom. The van der Waals surface area contributed by atoms with Crippen LogP contribution < -0.4 is 4.59 Å². The van der Waals surface area contributed by atoms with Crippen molar-refractivity contribution >= 4 is 11.4 Å². The largest absolute Gasteiger partial charge is 0.271 e. The van der Waals surface area contributed by atoms with Gasteiger partial charge < -0.3 is 0 Å². The van der Waals surface area contributed by atoms with Crippen molar-refractivity contribution in [3.63, 3.8) is 0 Å². The molecule has 1 atom stereocenters. The minimum atomic E-state index is 0.672.